The van der Waals surface area contributed by atoms with Gasteiger partial charge in [-0.2, -0.15) is 8.78 Å². The lowest BCUT2D eigenvalue weighted by atomic mass is 9.64. The van der Waals surface area contributed by atoms with Crippen LogP contribution in [0.2, 0.25) is 0 Å². The molecule has 0 aliphatic heterocycles. The summed E-state index contributed by atoms with van der Waals surface area (Å²) in [6.45, 7) is 2.62. The van der Waals surface area contributed by atoms with Gasteiger partial charge in [0.2, 0.25) is 11.8 Å². The van der Waals surface area contributed by atoms with Gasteiger partial charge >= 0.3 is 6.61 Å². The van der Waals surface area contributed by atoms with E-state index in [0.29, 0.717) is 30.6 Å². The molecule has 2 aromatic rings. The predicted octanol–water partition coefficient (Wildman–Crippen LogP) is 4.60. The van der Waals surface area contributed by atoms with Crippen molar-refractivity contribution in [2.45, 2.75) is 58.8 Å². The summed E-state index contributed by atoms with van der Waals surface area (Å²) in [5.74, 6) is -1.28. The second-order valence-electron chi connectivity index (χ2n) is 10.4. The summed E-state index contributed by atoms with van der Waals surface area (Å²) in [7, 11) is 0. The molecule has 0 spiro atoms. The van der Waals surface area contributed by atoms with Crippen molar-refractivity contribution in [1.82, 2.24) is 10.2 Å². The van der Waals surface area contributed by atoms with Crippen LogP contribution in [-0.2, 0) is 22.6 Å². The fourth-order valence-electron chi connectivity index (χ4n) is 5.52. The number of aliphatic hydroxyl groups is 1. The standard InChI is InChI=1S/C32H41F2N3O4/c1-3-16-37(17-4-2)30(40)32(15-9-13-25(20-32)29(35)39)27(19-23-10-6-5-7-11-23)28(38)22-36-21-24-12-8-14-26(18-24)41-31(33)34/h5-15,18,27-28,31,36,38H,3-4,16-17,19-22H2,1-2H3,(H2,35,39)/t27-,28+,32?/m1/s1. The van der Waals surface area contributed by atoms with Crippen molar-refractivity contribution < 1.29 is 28.2 Å². The quantitative estimate of drug-likeness (QED) is 0.274. The van der Waals surface area contributed by atoms with E-state index >= 15 is 0 Å². The van der Waals surface area contributed by atoms with E-state index in [2.05, 4.69) is 10.1 Å². The van der Waals surface area contributed by atoms with Crippen molar-refractivity contribution in [2.24, 2.45) is 17.1 Å². The molecule has 0 aromatic heterocycles. The van der Waals surface area contributed by atoms with Gasteiger partial charge in [0.25, 0.3) is 0 Å². The Morgan fingerprint density at radius 1 is 1.07 bits per heavy atom. The zero-order valence-corrected chi connectivity index (χ0v) is 23.8. The van der Waals surface area contributed by atoms with Crippen molar-refractivity contribution in [3.05, 3.63) is 89.5 Å². The third kappa shape index (κ3) is 8.71. The number of hydrogen-bond donors (Lipinski definition) is 3. The lowest BCUT2D eigenvalue weighted by Crippen LogP contribution is -2.54. The monoisotopic (exact) mass is 569 g/mol. The van der Waals surface area contributed by atoms with Crippen LogP contribution in [0, 0.1) is 11.3 Å². The number of nitrogens with zero attached hydrogens (tertiary/aromatic N) is 1. The number of aliphatic hydroxyl groups excluding tert-OH is 1. The van der Waals surface area contributed by atoms with E-state index in [1.54, 1.807) is 24.3 Å². The van der Waals surface area contributed by atoms with Crippen LogP contribution in [0.5, 0.6) is 5.75 Å². The first-order valence-corrected chi connectivity index (χ1v) is 14.1. The third-order valence-corrected chi connectivity index (χ3v) is 7.39. The van der Waals surface area contributed by atoms with Crippen LogP contribution in [0.15, 0.2) is 78.4 Å². The number of ether oxygens (including phenoxy) is 1. The number of primary amides is 1. The van der Waals surface area contributed by atoms with E-state index in [9.17, 15) is 23.5 Å². The highest BCUT2D eigenvalue weighted by Crippen LogP contribution is 2.44. The van der Waals surface area contributed by atoms with E-state index in [1.165, 1.54) is 12.1 Å². The molecule has 1 aliphatic rings. The number of allylic oxidation sites excluding steroid dienone is 2. The molecule has 9 heteroatoms. The molecule has 7 nitrogen and oxygen atoms in total. The number of carbonyl (C=O) groups excluding carboxylic acids is 2. The van der Waals surface area contributed by atoms with Crippen molar-refractivity contribution >= 4 is 11.8 Å². The van der Waals surface area contributed by atoms with Crippen molar-refractivity contribution in [3.8, 4) is 5.75 Å². The molecule has 2 amide bonds. The van der Waals surface area contributed by atoms with Gasteiger partial charge in [-0.05, 0) is 48.9 Å². The van der Waals surface area contributed by atoms with Gasteiger partial charge < -0.3 is 25.8 Å². The van der Waals surface area contributed by atoms with Crippen LogP contribution < -0.4 is 15.8 Å². The van der Waals surface area contributed by atoms with Gasteiger partial charge in [0.1, 0.15) is 5.75 Å². The lowest BCUT2D eigenvalue weighted by molar-refractivity contribution is -0.145. The fraction of sp³-hybridized carbons (Fsp3) is 0.438. The van der Waals surface area contributed by atoms with Gasteiger partial charge in [0.05, 0.1) is 11.5 Å². The maximum Gasteiger partial charge on any atom is 0.387 e. The van der Waals surface area contributed by atoms with E-state index in [4.69, 9.17) is 5.73 Å². The zero-order valence-electron chi connectivity index (χ0n) is 23.8. The molecule has 0 fully saturated rings. The van der Waals surface area contributed by atoms with Gasteiger partial charge in [0, 0.05) is 37.7 Å². The minimum atomic E-state index is -2.92. The summed E-state index contributed by atoms with van der Waals surface area (Å²) >= 11 is 0. The molecule has 41 heavy (non-hydrogen) atoms. The van der Waals surface area contributed by atoms with Crippen LogP contribution in [0.25, 0.3) is 0 Å². The first-order chi connectivity index (χ1) is 19.7. The summed E-state index contributed by atoms with van der Waals surface area (Å²) in [5.41, 5.74) is 6.48. The Balaban J connectivity index is 1.94. The van der Waals surface area contributed by atoms with Crippen LogP contribution in [0.4, 0.5) is 8.78 Å². The third-order valence-electron chi connectivity index (χ3n) is 7.39. The first kappa shape index (κ1) is 32.0. The average Bonchev–Trinajstić information content (AvgIpc) is 2.95. The van der Waals surface area contributed by atoms with E-state index in [0.717, 1.165) is 18.4 Å². The molecule has 0 radical (unpaired) electrons. The molecule has 0 saturated carbocycles. The number of nitrogens with two attached hydrogens (primary N) is 1. The highest BCUT2D eigenvalue weighted by molar-refractivity contribution is 5.95. The number of rotatable bonds is 16. The molecule has 4 N–H and O–H groups in total. The van der Waals surface area contributed by atoms with Crippen molar-refractivity contribution in [1.29, 1.82) is 0 Å². The predicted molar refractivity (Wildman–Crippen MR) is 155 cm³/mol. The highest BCUT2D eigenvalue weighted by atomic mass is 19.3. The molecule has 0 bridgehead atoms. The number of benzene rings is 2. The summed E-state index contributed by atoms with van der Waals surface area (Å²) in [6.07, 6.45) is 6.17. The van der Waals surface area contributed by atoms with E-state index < -0.39 is 30.0 Å². The van der Waals surface area contributed by atoms with Gasteiger partial charge in [-0.3, -0.25) is 9.59 Å². The zero-order chi connectivity index (χ0) is 29.8. The average molecular weight is 570 g/mol. The van der Waals surface area contributed by atoms with Crippen LogP contribution in [-0.4, -0.2) is 54.2 Å². The fourth-order valence-corrected chi connectivity index (χ4v) is 5.52. The van der Waals surface area contributed by atoms with Crippen molar-refractivity contribution in [3.63, 3.8) is 0 Å². The minimum Gasteiger partial charge on any atom is -0.435 e. The number of carbonyl (C=O) groups is 2. The molecule has 1 unspecified atom stereocenters. The Morgan fingerprint density at radius 2 is 1.76 bits per heavy atom. The van der Waals surface area contributed by atoms with Gasteiger partial charge in [-0.1, -0.05) is 74.5 Å². The number of hydrogen-bond acceptors (Lipinski definition) is 5. The second-order valence-corrected chi connectivity index (χ2v) is 10.4. The van der Waals surface area contributed by atoms with Gasteiger partial charge in [-0.15, -0.1) is 0 Å². The SMILES string of the molecule is CCCN(CCC)C(=O)C1([C@H](Cc2ccccc2)[C@@H](O)CNCc2cccc(OC(F)F)c2)C=CC=C(C(N)=O)C1. The smallest absolute Gasteiger partial charge is 0.387 e. The molecule has 3 atom stereocenters. The number of halogens is 2. The molecular weight excluding hydrogens is 528 g/mol. The second kappa shape index (κ2) is 15.4. The maximum absolute atomic E-state index is 14.4. The summed E-state index contributed by atoms with van der Waals surface area (Å²) in [4.78, 5) is 28.6. The van der Waals surface area contributed by atoms with Gasteiger partial charge in [0.15, 0.2) is 0 Å². The normalized spacial score (nSPS) is 18.0. The Labute approximate surface area is 241 Å². The van der Waals surface area contributed by atoms with Crippen LogP contribution in [0.3, 0.4) is 0 Å². The number of alkyl halides is 2. The number of nitrogens with one attached hydrogen (secondary N) is 1. The van der Waals surface area contributed by atoms with Crippen LogP contribution >= 0.6 is 0 Å². The lowest BCUT2D eigenvalue weighted by Gasteiger charge is -2.44. The Morgan fingerprint density at radius 3 is 2.39 bits per heavy atom. The Hall–Kier alpha value is -3.56. The van der Waals surface area contributed by atoms with E-state index in [1.807, 2.05) is 55.2 Å². The van der Waals surface area contributed by atoms with Gasteiger partial charge in [-0.25, -0.2) is 0 Å². The molecule has 3 rings (SSSR count). The summed E-state index contributed by atoms with van der Waals surface area (Å²) < 4.78 is 29.8. The number of amides is 2. The summed E-state index contributed by atoms with van der Waals surface area (Å²) in [6, 6.07) is 16.0. The summed E-state index contributed by atoms with van der Waals surface area (Å²) in [5, 5.41) is 14.9. The first-order valence-electron chi connectivity index (χ1n) is 14.1. The molecule has 222 valence electrons. The minimum absolute atomic E-state index is 0.0522. The molecular formula is C32H41F2N3O4. The molecule has 2 aromatic carbocycles. The molecule has 0 heterocycles. The topological polar surface area (TPSA) is 105 Å². The molecule has 0 saturated heterocycles. The van der Waals surface area contributed by atoms with Crippen molar-refractivity contribution in [2.75, 3.05) is 19.6 Å². The Bertz CT molecular complexity index is 1200. The highest BCUT2D eigenvalue weighted by Gasteiger charge is 2.49. The van der Waals surface area contributed by atoms with E-state index in [-0.39, 0.29) is 31.2 Å². The van der Waals surface area contributed by atoms with Crippen LogP contribution in [0.1, 0.15) is 44.2 Å². The molecule has 1 aliphatic carbocycles. The largest absolute Gasteiger partial charge is 0.435 e. The maximum atomic E-state index is 14.4. The Kier molecular flexibility index (Phi) is 12.0.